The van der Waals surface area contributed by atoms with Gasteiger partial charge in [0.05, 0.1) is 0 Å². The Balaban J connectivity index is 1.33. The first-order chi connectivity index (χ1) is 14.1. The standard InChI is InChI=1S/C23H36N4O2/c1-2-20-10-6-7-11-21(20)25-23(29)18-27-14-12-26(13-15-27)17-22(28)24-16-19-8-4-3-5-9-19/h6-7,10-11,19H,2-5,8-9,12-18H2,1H3,(H,24,28)(H,25,29)/p+2. The molecule has 160 valence electrons. The molecule has 2 aliphatic rings. The van der Waals surface area contributed by atoms with Crippen LogP contribution in [0.1, 0.15) is 44.6 Å². The molecule has 0 radical (unpaired) electrons. The summed E-state index contributed by atoms with van der Waals surface area (Å²) in [6, 6.07) is 8.00. The van der Waals surface area contributed by atoms with Crippen molar-refractivity contribution >= 4 is 17.5 Å². The van der Waals surface area contributed by atoms with E-state index in [0.717, 1.165) is 44.8 Å². The van der Waals surface area contributed by atoms with Gasteiger partial charge in [0.15, 0.2) is 13.1 Å². The molecule has 3 rings (SSSR count). The molecular weight excluding hydrogens is 364 g/mol. The largest absolute Gasteiger partial charge is 0.351 e. The lowest BCUT2D eigenvalue weighted by molar-refractivity contribution is -1.00. The molecule has 6 heteroatoms. The molecule has 2 amide bonds. The zero-order valence-electron chi connectivity index (χ0n) is 17.9. The second kappa shape index (κ2) is 11.3. The van der Waals surface area contributed by atoms with E-state index in [1.807, 2.05) is 18.2 Å². The van der Waals surface area contributed by atoms with Crippen molar-refractivity contribution in [2.45, 2.75) is 45.4 Å². The smallest absolute Gasteiger partial charge is 0.279 e. The van der Waals surface area contributed by atoms with Crippen molar-refractivity contribution in [2.75, 3.05) is 51.1 Å². The lowest BCUT2D eigenvalue weighted by Gasteiger charge is -2.29. The summed E-state index contributed by atoms with van der Waals surface area (Å²) >= 11 is 0. The topological polar surface area (TPSA) is 67.1 Å². The van der Waals surface area contributed by atoms with Crippen LogP contribution in [0.3, 0.4) is 0 Å². The van der Waals surface area contributed by atoms with E-state index in [0.29, 0.717) is 19.0 Å². The van der Waals surface area contributed by atoms with Crippen molar-refractivity contribution in [3.8, 4) is 0 Å². The molecular formula is C23H38N4O2+2. The molecule has 0 aromatic heterocycles. The lowest BCUT2D eigenvalue weighted by atomic mass is 9.89. The highest BCUT2D eigenvalue weighted by molar-refractivity contribution is 5.92. The number of anilines is 1. The Kier molecular flexibility index (Phi) is 8.50. The molecule has 1 saturated carbocycles. The van der Waals surface area contributed by atoms with Crippen LogP contribution in [0.2, 0.25) is 0 Å². The van der Waals surface area contributed by atoms with E-state index in [9.17, 15) is 9.59 Å². The maximum Gasteiger partial charge on any atom is 0.279 e. The molecule has 1 aliphatic heterocycles. The number of rotatable bonds is 8. The van der Waals surface area contributed by atoms with Crippen molar-refractivity contribution in [3.63, 3.8) is 0 Å². The van der Waals surface area contributed by atoms with Crippen LogP contribution in [-0.4, -0.2) is 57.6 Å². The first-order valence-corrected chi connectivity index (χ1v) is 11.5. The number of amides is 2. The highest BCUT2D eigenvalue weighted by Gasteiger charge is 2.26. The summed E-state index contributed by atoms with van der Waals surface area (Å²) in [6.07, 6.45) is 7.42. The Hall–Kier alpha value is -1.92. The molecule has 0 atom stereocenters. The normalized spacial score (nSPS) is 22.8. The van der Waals surface area contributed by atoms with Crippen LogP contribution >= 0.6 is 0 Å². The molecule has 1 aliphatic carbocycles. The lowest BCUT2D eigenvalue weighted by Crippen LogP contribution is -3.28. The number of benzene rings is 1. The van der Waals surface area contributed by atoms with Gasteiger partial charge in [0.2, 0.25) is 0 Å². The van der Waals surface area contributed by atoms with Gasteiger partial charge in [0.1, 0.15) is 26.2 Å². The average Bonchev–Trinajstić information content (AvgIpc) is 2.75. The highest BCUT2D eigenvalue weighted by atomic mass is 16.2. The maximum absolute atomic E-state index is 12.4. The zero-order chi connectivity index (χ0) is 20.5. The molecule has 0 bridgehead atoms. The summed E-state index contributed by atoms with van der Waals surface area (Å²) in [5, 5.41) is 6.22. The van der Waals surface area contributed by atoms with Gasteiger partial charge < -0.3 is 20.4 Å². The van der Waals surface area contributed by atoms with Gasteiger partial charge in [-0.05, 0) is 36.8 Å². The fourth-order valence-corrected chi connectivity index (χ4v) is 4.62. The first kappa shape index (κ1) is 21.8. The van der Waals surface area contributed by atoms with Crippen molar-refractivity contribution < 1.29 is 19.4 Å². The summed E-state index contributed by atoms with van der Waals surface area (Å²) in [5.74, 6) is 0.942. The summed E-state index contributed by atoms with van der Waals surface area (Å²) in [5.41, 5.74) is 2.10. The van der Waals surface area contributed by atoms with Gasteiger partial charge in [0, 0.05) is 12.2 Å². The molecule has 1 saturated heterocycles. The molecule has 4 N–H and O–H groups in total. The number of nitrogens with one attached hydrogen (secondary N) is 4. The van der Waals surface area contributed by atoms with Gasteiger partial charge in [0.25, 0.3) is 11.8 Å². The molecule has 0 unspecified atom stereocenters. The Morgan fingerprint density at radius 3 is 2.21 bits per heavy atom. The van der Waals surface area contributed by atoms with Crippen LogP contribution < -0.4 is 20.4 Å². The maximum atomic E-state index is 12.4. The van der Waals surface area contributed by atoms with E-state index in [4.69, 9.17) is 0 Å². The number of quaternary nitrogens is 2. The van der Waals surface area contributed by atoms with Crippen LogP contribution in [0, 0.1) is 5.92 Å². The van der Waals surface area contributed by atoms with Gasteiger partial charge in [-0.3, -0.25) is 9.59 Å². The molecule has 0 spiro atoms. The Labute approximate surface area is 175 Å². The summed E-state index contributed by atoms with van der Waals surface area (Å²) in [4.78, 5) is 27.4. The van der Waals surface area contributed by atoms with Crippen molar-refractivity contribution in [1.29, 1.82) is 0 Å². The van der Waals surface area contributed by atoms with Crippen molar-refractivity contribution in [3.05, 3.63) is 29.8 Å². The van der Waals surface area contributed by atoms with Crippen LogP contribution in [0.4, 0.5) is 5.69 Å². The number of aryl methyl sites for hydroxylation is 1. The third-order valence-corrected chi connectivity index (χ3v) is 6.47. The second-order valence-electron chi connectivity index (χ2n) is 8.72. The number of para-hydroxylation sites is 1. The van der Waals surface area contributed by atoms with Crippen molar-refractivity contribution in [1.82, 2.24) is 5.32 Å². The molecule has 2 fully saturated rings. The first-order valence-electron chi connectivity index (χ1n) is 11.5. The zero-order valence-corrected chi connectivity index (χ0v) is 17.9. The third kappa shape index (κ3) is 7.12. The summed E-state index contributed by atoms with van der Waals surface area (Å²) in [6.45, 7) is 7.79. The third-order valence-electron chi connectivity index (χ3n) is 6.47. The van der Waals surface area contributed by atoms with E-state index in [1.165, 1.54) is 47.5 Å². The number of carbonyl (C=O) groups excluding carboxylic acids is 2. The Morgan fingerprint density at radius 2 is 1.55 bits per heavy atom. The average molecular weight is 403 g/mol. The van der Waals surface area contributed by atoms with Crippen LogP contribution in [0.25, 0.3) is 0 Å². The van der Waals surface area contributed by atoms with Gasteiger partial charge in [-0.1, -0.05) is 44.4 Å². The van der Waals surface area contributed by atoms with E-state index in [1.54, 1.807) is 0 Å². The van der Waals surface area contributed by atoms with E-state index >= 15 is 0 Å². The van der Waals surface area contributed by atoms with E-state index < -0.39 is 0 Å². The molecule has 1 heterocycles. The minimum atomic E-state index is 0.0783. The fourth-order valence-electron chi connectivity index (χ4n) is 4.62. The number of hydrogen-bond acceptors (Lipinski definition) is 2. The second-order valence-corrected chi connectivity index (χ2v) is 8.72. The van der Waals surface area contributed by atoms with Gasteiger partial charge in [-0.15, -0.1) is 0 Å². The molecule has 6 nitrogen and oxygen atoms in total. The number of hydrogen-bond donors (Lipinski definition) is 4. The monoisotopic (exact) mass is 402 g/mol. The predicted molar refractivity (Wildman–Crippen MR) is 115 cm³/mol. The van der Waals surface area contributed by atoms with Gasteiger partial charge >= 0.3 is 0 Å². The molecule has 29 heavy (non-hydrogen) atoms. The van der Waals surface area contributed by atoms with Crippen LogP contribution in [-0.2, 0) is 16.0 Å². The quantitative estimate of drug-likeness (QED) is 0.481. The summed E-state index contributed by atoms with van der Waals surface area (Å²) < 4.78 is 0. The molecule has 1 aromatic carbocycles. The minimum Gasteiger partial charge on any atom is -0.351 e. The number of carbonyl (C=O) groups is 2. The highest BCUT2D eigenvalue weighted by Crippen LogP contribution is 2.22. The SMILES string of the molecule is CCc1ccccc1NC(=O)C[NH+]1CC[NH+](CC(=O)NCC2CCCCC2)CC1. The van der Waals surface area contributed by atoms with E-state index in [2.05, 4.69) is 23.6 Å². The van der Waals surface area contributed by atoms with Crippen LogP contribution in [0.5, 0.6) is 0 Å². The summed E-state index contributed by atoms with van der Waals surface area (Å²) in [7, 11) is 0. The molecule has 1 aromatic rings. The van der Waals surface area contributed by atoms with Gasteiger partial charge in [-0.2, -0.15) is 0 Å². The van der Waals surface area contributed by atoms with Gasteiger partial charge in [-0.25, -0.2) is 0 Å². The van der Waals surface area contributed by atoms with Crippen molar-refractivity contribution in [2.24, 2.45) is 5.92 Å². The Bertz CT molecular complexity index is 665. The minimum absolute atomic E-state index is 0.0783. The Morgan fingerprint density at radius 1 is 0.931 bits per heavy atom. The number of piperazine rings is 1. The van der Waals surface area contributed by atoms with E-state index in [-0.39, 0.29) is 11.8 Å². The fraction of sp³-hybridized carbons (Fsp3) is 0.652. The van der Waals surface area contributed by atoms with Crippen LogP contribution in [0.15, 0.2) is 24.3 Å². The predicted octanol–water partition coefficient (Wildman–Crippen LogP) is -0.333.